The van der Waals surface area contributed by atoms with Crippen LogP contribution in [0, 0.1) is 12.3 Å². The first-order chi connectivity index (χ1) is 13.5. The van der Waals surface area contributed by atoms with Gasteiger partial charge in [-0.15, -0.1) is 0 Å². The molecule has 0 saturated carbocycles. The standard InChI is InChI=1S/C23H27N3O2/c1-3-25-16-23(15-20(25)27)10-13-26(14-11-23)22(28)21-17(2)24-12-9-19(21)18-7-5-4-6-8-18/h4-9,12H,3,10-11,13-16H2,1-2H3. The molecule has 2 amide bonds. The average molecular weight is 377 g/mol. The summed E-state index contributed by atoms with van der Waals surface area (Å²) in [6, 6.07) is 11.9. The monoisotopic (exact) mass is 377 g/mol. The van der Waals surface area contributed by atoms with Crippen molar-refractivity contribution in [2.24, 2.45) is 5.41 Å². The maximum absolute atomic E-state index is 13.4. The largest absolute Gasteiger partial charge is 0.342 e. The van der Waals surface area contributed by atoms with E-state index in [0.717, 1.165) is 42.8 Å². The molecule has 1 aromatic carbocycles. The normalized spacial score (nSPS) is 18.7. The fraction of sp³-hybridized carbons (Fsp3) is 0.435. The first-order valence-electron chi connectivity index (χ1n) is 10.1. The van der Waals surface area contributed by atoms with E-state index in [1.807, 2.05) is 60.0 Å². The third-order valence-corrected chi connectivity index (χ3v) is 6.34. The van der Waals surface area contributed by atoms with Crippen LogP contribution >= 0.6 is 0 Å². The van der Waals surface area contributed by atoms with E-state index in [1.165, 1.54) is 0 Å². The Morgan fingerprint density at radius 3 is 2.50 bits per heavy atom. The highest BCUT2D eigenvalue weighted by Gasteiger charge is 2.45. The molecule has 2 aliphatic heterocycles. The molecule has 4 rings (SSSR count). The van der Waals surface area contributed by atoms with Gasteiger partial charge in [-0.05, 0) is 43.9 Å². The van der Waals surface area contributed by atoms with Crippen molar-refractivity contribution in [3.63, 3.8) is 0 Å². The second-order valence-electron chi connectivity index (χ2n) is 8.06. The average Bonchev–Trinajstić information content (AvgIpc) is 3.03. The number of pyridine rings is 1. The quantitative estimate of drug-likeness (QED) is 0.822. The summed E-state index contributed by atoms with van der Waals surface area (Å²) in [6.45, 7) is 6.95. The summed E-state index contributed by atoms with van der Waals surface area (Å²) in [5.41, 5.74) is 3.48. The molecule has 2 aromatic rings. The molecule has 0 N–H and O–H groups in total. The van der Waals surface area contributed by atoms with Crippen LogP contribution in [-0.4, -0.2) is 52.8 Å². The van der Waals surface area contributed by atoms with Crippen LogP contribution in [0.3, 0.4) is 0 Å². The lowest BCUT2D eigenvalue weighted by molar-refractivity contribution is -0.127. The number of carbonyl (C=O) groups excluding carboxylic acids is 2. The topological polar surface area (TPSA) is 53.5 Å². The van der Waals surface area contributed by atoms with Crippen molar-refractivity contribution >= 4 is 11.8 Å². The summed E-state index contributed by atoms with van der Waals surface area (Å²) in [5.74, 6) is 0.313. The van der Waals surface area contributed by atoms with Gasteiger partial charge in [-0.2, -0.15) is 0 Å². The van der Waals surface area contributed by atoms with E-state index >= 15 is 0 Å². The van der Waals surface area contributed by atoms with Gasteiger partial charge in [-0.1, -0.05) is 30.3 Å². The number of aryl methyl sites for hydroxylation is 1. The molecular weight excluding hydrogens is 350 g/mol. The lowest BCUT2D eigenvalue weighted by atomic mass is 9.77. The van der Waals surface area contributed by atoms with Crippen molar-refractivity contribution in [3.05, 3.63) is 53.9 Å². The zero-order valence-electron chi connectivity index (χ0n) is 16.6. The van der Waals surface area contributed by atoms with E-state index in [1.54, 1.807) is 6.20 Å². The van der Waals surface area contributed by atoms with Gasteiger partial charge in [0.1, 0.15) is 0 Å². The Bertz CT molecular complexity index is 886. The highest BCUT2D eigenvalue weighted by molar-refractivity contribution is 6.01. The second-order valence-corrected chi connectivity index (χ2v) is 8.06. The highest BCUT2D eigenvalue weighted by atomic mass is 16.2. The van der Waals surface area contributed by atoms with Crippen molar-refractivity contribution in [1.29, 1.82) is 0 Å². The van der Waals surface area contributed by atoms with Gasteiger partial charge in [0.25, 0.3) is 5.91 Å². The fourth-order valence-corrected chi connectivity index (χ4v) is 4.64. The molecule has 0 atom stereocenters. The number of carbonyl (C=O) groups is 2. The van der Waals surface area contributed by atoms with Gasteiger partial charge in [-0.25, -0.2) is 0 Å². The van der Waals surface area contributed by atoms with Crippen LogP contribution in [0.25, 0.3) is 11.1 Å². The number of benzene rings is 1. The Hall–Kier alpha value is -2.69. The Kier molecular flexibility index (Phi) is 4.92. The van der Waals surface area contributed by atoms with Crippen LogP contribution < -0.4 is 0 Å². The van der Waals surface area contributed by atoms with Gasteiger partial charge in [-0.3, -0.25) is 14.6 Å². The van der Waals surface area contributed by atoms with Crippen LogP contribution in [0.2, 0.25) is 0 Å². The predicted molar refractivity (Wildman–Crippen MR) is 109 cm³/mol. The molecule has 2 aliphatic rings. The minimum atomic E-state index is 0.0517. The molecule has 0 bridgehead atoms. The van der Waals surface area contributed by atoms with Crippen LogP contribution in [0.15, 0.2) is 42.6 Å². The second kappa shape index (κ2) is 7.38. The Morgan fingerprint density at radius 1 is 1.14 bits per heavy atom. The molecule has 0 aliphatic carbocycles. The summed E-state index contributed by atoms with van der Waals surface area (Å²) in [6.07, 6.45) is 4.18. The van der Waals surface area contributed by atoms with Gasteiger partial charge in [0, 0.05) is 44.2 Å². The number of rotatable bonds is 3. The molecule has 0 radical (unpaired) electrons. The van der Waals surface area contributed by atoms with Crippen LogP contribution in [-0.2, 0) is 4.79 Å². The first-order valence-corrected chi connectivity index (χ1v) is 10.1. The zero-order chi connectivity index (χ0) is 19.7. The van der Waals surface area contributed by atoms with E-state index < -0.39 is 0 Å². The Balaban J connectivity index is 1.55. The summed E-state index contributed by atoms with van der Waals surface area (Å²) < 4.78 is 0. The van der Waals surface area contributed by atoms with Crippen molar-refractivity contribution in [2.45, 2.75) is 33.1 Å². The minimum Gasteiger partial charge on any atom is -0.342 e. The summed E-state index contributed by atoms with van der Waals surface area (Å²) in [7, 11) is 0. The van der Waals surface area contributed by atoms with Gasteiger partial charge < -0.3 is 9.80 Å². The SMILES string of the molecule is CCN1CC2(CCN(C(=O)c3c(-c4ccccc4)ccnc3C)CC2)CC1=O. The van der Waals surface area contributed by atoms with Crippen LogP contribution in [0.4, 0.5) is 0 Å². The summed E-state index contributed by atoms with van der Waals surface area (Å²) in [4.78, 5) is 33.9. The third kappa shape index (κ3) is 3.30. The zero-order valence-corrected chi connectivity index (χ0v) is 16.6. The van der Waals surface area contributed by atoms with Gasteiger partial charge in [0.05, 0.1) is 11.3 Å². The van der Waals surface area contributed by atoms with Gasteiger partial charge in [0.15, 0.2) is 0 Å². The number of piperidine rings is 1. The fourth-order valence-electron chi connectivity index (χ4n) is 4.64. The highest BCUT2D eigenvalue weighted by Crippen LogP contribution is 2.41. The first kappa shape index (κ1) is 18.7. The van der Waals surface area contributed by atoms with E-state index in [9.17, 15) is 9.59 Å². The molecule has 2 saturated heterocycles. The maximum Gasteiger partial charge on any atom is 0.256 e. The van der Waals surface area contributed by atoms with Crippen molar-refractivity contribution < 1.29 is 9.59 Å². The molecule has 5 nitrogen and oxygen atoms in total. The molecule has 0 unspecified atom stereocenters. The molecule has 3 heterocycles. The number of aromatic nitrogens is 1. The molecular formula is C23H27N3O2. The lowest BCUT2D eigenvalue weighted by Crippen LogP contribution is -2.44. The molecule has 5 heteroatoms. The van der Waals surface area contributed by atoms with E-state index in [4.69, 9.17) is 0 Å². The predicted octanol–water partition coefficient (Wildman–Crippen LogP) is 3.53. The summed E-state index contributed by atoms with van der Waals surface area (Å²) in [5, 5.41) is 0. The third-order valence-electron chi connectivity index (χ3n) is 6.34. The number of hydrogen-bond acceptors (Lipinski definition) is 3. The van der Waals surface area contributed by atoms with E-state index in [0.29, 0.717) is 25.1 Å². The number of nitrogens with zero attached hydrogens (tertiary/aromatic N) is 3. The Labute approximate surface area is 166 Å². The van der Waals surface area contributed by atoms with E-state index in [-0.39, 0.29) is 17.2 Å². The lowest BCUT2D eigenvalue weighted by Gasteiger charge is -2.39. The molecule has 28 heavy (non-hydrogen) atoms. The van der Waals surface area contributed by atoms with Gasteiger partial charge >= 0.3 is 0 Å². The number of likely N-dealkylation sites (tertiary alicyclic amines) is 2. The van der Waals surface area contributed by atoms with E-state index in [2.05, 4.69) is 4.98 Å². The molecule has 1 spiro atoms. The number of hydrogen-bond donors (Lipinski definition) is 0. The minimum absolute atomic E-state index is 0.0517. The maximum atomic E-state index is 13.4. The Morgan fingerprint density at radius 2 is 1.86 bits per heavy atom. The molecule has 2 fully saturated rings. The van der Waals surface area contributed by atoms with Crippen molar-refractivity contribution in [2.75, 3.05) is 26.2 Å². The molecule has 146 valence electrons. The van der Waals surface area contributed by atoms with Crippen molar-refractivity contribution in [1.82, 2.24) is 14.8 Å². The smallest absolute Gasteiger partial charge is 0.256 e. The van der Waals surface area contributed by atoms with Crippen LogP contribution in [0.5, 0.6) is 0 Å². The summed E-state index contributed by atoms with van der Waals surface area (Å²) >= 11 is 0. The van der Waals surface area contributed by atoms with Crippen molar-refractivity contribution in [3.8, 4) is 11.1 Å². The number of amides is 2. The molecule has 1 aromatic heterocycles. The van der Waals surface area contributed by atoms with Gasteiger partial charge in [0.2, 0.25) is 5.91 Å². The van der Waals surface area contributed by atoms with Crippen LogP contribution in [0.1, 0.15) is 42.2 Å².